The fourth-order valence-corrected chi connectivity index (χ4v) is 5.04. The fourth-order valence-electron chi connectivity index (χ4n) is 5.04. The number of hydrogen-bond donors (Lipinski definition) is 2. The first-order chi connectivity index (χ1) is 18.2. The van der Waals surface area contributed by atoms with Gasteiger partial charge in [0.05, 0.1) is 18.3 Å². The van der Waals surface area contributed by atoms with Crippen molar-refractivity contribution in [2.24, 2.45) is 11.8 Å². The Morgan fingerprint density at radius 3 is 2.53 bits per heavy atom. The Morgan fingerprint density at radius 2 is 1.84 bits per heavy atom. The zero-order valence-electron chi connectivity index (χ0n) is 23.0. The van der Waals surface area contributed by atoms with E-state index in [4.69, 9.17) is 15.2 Å². The van der Waals surface area contributed by atoms with Crippen LogP contribution >= 0.6 is 0 Å². The van der Waals surface area contributed by atoms with Crippen LogP contribution in [-0.4, -0.2) is 44.2 Å². The summed E-state index contributed by atoms with van der Waals surface area (Å²) >= 11 is 0. The number of unbranched alkanes of at least 4 members (excludes halogenated alkanes) is 7. The number of imidazole rings is 1. The molecule has 0 aliphatic heterocycles. The molecule has 10 nitrogen and oxygen atoms in total. The summed E-state index contributed by atoms with van der Waals surface area (Å²) in [6.45, 7) is 10.4. The number of hydrogen-bond acceptors (Lipinski definition) is 8. The van der Waals surface area contributed by atoms with E-state index in [1.807, 2.05) is 13.8 Å². The summed E-state index contributed by atoms with van der Waals surface area (Å²) in [6, 6.07) is -0.344. The van der Waals surface area contributed by atoms with Gasteiger partial charge in [-0.1, -0.05) is 72.3 Å². The van der Waals surface area contributed by atoms with E-state index in [1.54, 1.807) is 4.57 Å². The van der Waals surface area contributed by atoms with Gasteiger partial charge in [0.2, 0.25) is 5.95 Å². The minimum Gasteiger partial charge on any atom is -0.465 e. The molecule has 38 heavy (non-hydrogen) atoms. The number of carbonyl (C=O) groups excluding carboxylic acids is 2. The molecule has 0 unspecified atom stereocenters. The second-order valence-electron chi connectivity index (χ2n) is 10.7. The van der Waals surface area contributed by atoms with E-state index in [0.29, 0.717) is 24.9 Å². The molecule has 0 saturated heterocycles. The average molecular weight is 530 g/mol. The lowest BCUT2D eigenvalue weighted by atomic mass is 10.0. The predicted molar refractivity (Wildman–Crippen MR) is 146 cm³/mol. The Morgan fingerprint density at radius 1 is 1.16 bits per heavy atom. The molecule has 1 saturated carbocycles. The Kier molecular flexibility index (Phi) is 10.9. The number of aromatic nitrogens is 4. The van der Waals surface area contributed by atoms with Crippen LogP contribution < -0.4 is 11.3 Å². The normalized spacial score (nSPS) is 19.4. The largest absolute Gasteiger partial charge is 0.465 e. The van der Waals surface area contributed by atoms with Gasteiger partial charge in [-0.05, 0) is 17.9 Å². The van der Waals surface area contributed by atoms with Crippen LogP contribution in [0.3, 0.4) is 0 Å². The molecule has 0 spiro atoms. The third-order valence-corrected chi connectivity index (χ3v) is 7.11. The lowest BCUT2D eigenvalue weighted by Crippen LogP contribution is -2.27. The number of carbonyl (C=O) groups is 2. The monoisotopic (exact) mass is 529 g/mol. The third-order valence-electron chi connectivity index (χ3n) is 7.11. The lowest BCUT2D eigenvalue weighted by Gasteiger charge is -2.21. The summed E-state index contributed by atoms with van der Waals surface area (Å²) in [6.07, 6.45) is 11.2. The topological polar surface area (TPSA) is 142 Å². The summed E-state index contributed by atoms with van der Waals surface area (Å²) in [5, 5.41) is 0. The highest BCUT2D eigenvalue weighted by Crippen LogP contribution is 2.42. The van der Waals surface area contributed by atoms with Gasteiger partial charge in [-0.15, -0.1) is 0 Å². The zero-order chi connectivity index (χ0) is 27.7. The molecule has 0 aromatic carbocycles. The van der Waals surface area contributed by atoms with E-state index in [2.05, 4.69) is 28.5 Å². The summed E-state index contributed by atoms with van der Waals surface area (Å²) in [7, 11) is 0. The molecule has 1 fully saturated rings. The zero-order valence-corrected chi connectivity index (χ0v) is 23.0. The maximum Gasteiger partial charge on any atom is 0.306 e. The quantitative estimate of drug-likeness (QED) is 0.189. The first-order valence-electron chi connectivity index (χ1n) is 14.0. The number of ether oxygens (including phenoxy) is 2. The minimum absolute atomic E-state index is 0.0136. The highest BCUT2D eigenvalue weighted by molar-refractivity contribution is 5.72. The first-order valence-corrected chi connectivity index (χ1v) is 14.0. The van der Waals surface area contributed by atoms with Crippen molar-refractivity contribution in [3.05, 3.63) is 28.8 Å². The minimum atomic E-state index is -0.516. The van der Waals surface area contributed by atoms with Crippen LogP contribution in [0.4, 0.5) is 5.95 Å². The van der Waals surface area contributed by atoms with Gasteiger partial charge >= 0.3 is 11.9 Å². The van der Waals surface area contributed by atoms with Gasteiger partial charge in [0.25, 0.3) is 5.56 Å². The van der Waals surface area contributed by atoms with Crippen molar-refractivity contribution in [2.75, 3.05) is 12.3 Å². The SMILES string of the molecule is C=C1[C@H](COC(=O)CC(C)C)[C@@H](OC(=O)CCCCCCCCCC)C[C@@H]1n1cnc2c(=O)[nH]c(N)nc21. The molecule has 0 amide bonds. The number of H-pyrrole nitrogens is 1. The number of rotatable bonds is 15. The van der Waals surface area contributed by atoms with Gasteiger partial charge in [-0.2, -0.15) is 4.98 Å². The van der Waals surface area contributed by atoms with Crippen LogP contribution in [-0.2, 0) is 19.1 Å². The Balaban J connectivity index is 1.66. The highest BCUT2D eigenvalue weighted by atomic mass is 16.6. The predicted octanol–water partition coefficient (Wildman–Crippen LogP) is 4.85. The number of nitrogens with zero attached hydrogens (tertiary/aromatic N) is 3. The van der Waals surface area contributed by atoms with E-state index in [1.165, 1.54) is 38.4 Å². The highest BCUT2D eigenvalue weighted by Gasteiger charge is 2.42. The lowest BCUT2D eigenvalue weighted by molar-refractivity contribution is -0.153. The van der Waals surface area contributed by atoms with Gasteiger partial charge in [-0.25, -0.2) is 4.98 Å². The van der Waals surface area contributed by atoms with Crippen molar-refractivity contribution in [3.8, 4) is 0 Å². The van der Waals surface area contributed by atoms with Gasteiger partial charge in [0.1, 0.15) is 12.7 Å². The van der Waals surface area contributed by atoms with Crippen LogP contribution in [0.5, 0.6) is 0 Å². The Labute approximate surface area is 224 Å². The van der Waals surface area contributed by atoms with Crippen molar-refractivity contribution < 1.29 is 19.1 Å². The fraction of sp³-hybridized carbons (Fsp3) is 0.679. The second-order valence-corrected chi connectivity index (χ2v) is 10.7. The molecule has 3 N–H and O–H groups in total. The first kappa shape index (κ1) is 29.4. The van der Waals surface area contributed by atoms with E-state index in [9.17, 15) is 14.4 Å². The standard InChI is InChI=1S/C28H43N5O5/c1-5-6-7-8-9-10-11-12-13-23(34)38-22-15-21(19(4)20(22)16-37-24(35)14-18(2)3)33-17-30-25-26(33)31-28(29)32-27(25)36/h17-18,20-22H,4-16H2,1-3H3,(H3,29,31,32,36)/t20-,21-,22-/m0/s1. The number of nitrogens with one attached hydrogen (secondary N) is 1. The number of nitrogen functional groups attached to an aromatic ring is 1. The summed E-state index contributed by atoms with van der Waals surface area (Å²) in [4.78, 5) is 48.2. The average Bonchev–Trinajstić information content (AvgIpc) is 3.39. The van der Waals surface area contributed by atoms with Crippen molar-refractivity contribution in [1.29, 1.82) is 0 Å². The maximum atomic E-state index is 12.8. The third kappa shape index (κ3) is 7.91. The van der Waals surface area contributed by atoms with Crippen molar-refractivity contribution >= 4 is 29.1 Å². The van der Waals surface area contributed by atoms with E-state index in [-0.39, 0.29) is 47.9 Å². The molecule has 0 radical (unpaired) electrons. The van der Waals surface area contributed by atoms with Crippen LogP contribution in [0.1, 0.15) is 97.4 Å². The Hall–Kier alpha value is -3.17. The van der Waals surface area contributed by atoms with Crippen molar-refractivity contribution in [3.63, 3.8) is 0 Å². The van der Waals surface area contributed by atoms with Crippen molar-refractivity contribution in [1.82, 2.24) is 19.5 Å². The molecule has 3 rings (SSSR count). The molecule has 10 heteroatoms. The second kappa shape index (κ2) is 14.1. The summed E-state index contributed by atoms with van der Waals surface area (Å²) in [5.74, 6) is -0.776. The number of aromatic amines is 1. The molecular formula is C28H43N5O5. The number of esters is 2. The molecule has 210 valence electrons. The number of fused-ring (bicyclic) bond motifs is 1. The molecule has 1 aliphatic rings. The van der Waals surface area contributed by atoms with Gasteiger partial charge in [0, 0.05) is 19.3 Å². The molecular weight excluding hydrogens is 486 g/mol. The molecule has 2 aromatic heterocycles. The Bertz CT molecular complexity index is 1150. The van der Waals surface area contributed by atoms with Crippen LogP contribution in [0.25, 0.3) is 11.2 Å². The van der Waals surface area contributed by atoms with Gasteiger partial charge < -0.3 is 19.8 Å². The molecule has 1 aliphatic carbocycles. The molecule has 2 heterocycles. The summed E-state index contributed by atoms with van der Waals surface area (Å²) < 4.78 is 13.2. The van der Waals surface area contributed by atoms with E-state index >= 15 is 0 Å². The van der Waals surface area contributed by atoms with Crippen LogP contribution in [0.2, 0.25) is 0 Å². The maximum absolute atomic E-state index is 12.8. The van der Waals surface area contributed by atoms with Crippen LogP contribution in [0, 0.1) is 11.8 Å². The molecule has 0 bridgehead atoms. The number of nitrogens with two attached hydrogens (primary N) is 1. The number of anilines is 1. The molecule has 3 atom stereocenters. The van der Waals surface area contributed by atoms with Crippen LogP contribution in [0.15, 0.2) is 23.3 Å². The van der Waals surface area contributed by atoms with Gasteiger partial charge in [-0.3, -0.25) is 19.4 Å². The smallest absolute Gasteiger partial charge is 0.306 e. The molecule has 2 aromatic rings. The van der Waals surface area contributed by atoms with E-state index < -0.39 is 11.7 Å². The van der Waals surface area contributed by atoms with E-state index in [0.717, 1.165) is 24.8 Å². The van der Waals surface area contributed by atoms with Crippen molar-refractivity contribution in [2.45, 2.75) is 104 Å². The summed E-state index contributed by atoms with van der Waals surface area (Å²) in [5.41, 5.74) is 6.57. The van der Waals surface area contributed by atoms with Gasteiger partial charge in [0.15, 0.2) is 11.2 Å².